The lowest BCUT2D eigenvalue weighted by atomic mass is 10.1. The van der Waals surface area contributed by atoms with Crippen LogP contribution in [0.25, 0.3) is 0 Å². The van der Waals surface area contributed by atoms with Crippen LogP contribution >= 0.6 is 11.8 Å². The Morgan fingerprint density at radius 1 is 1.26 bits per heavy atom. The van der Waals surface area contributed by atoms with Crippen LogP contribution in [0, 0.1) is 24.0 Å². The second kappa shape index (κ2) is 8.35. The second-order valence-corrected chi connectivity index (χ2v) is 7.54. The summed E-state index contributed by atoms with van der Waals surface area (Å²) in [5.74, 6) is 0.790. The number of aryl methyl sites for hydroxylation is 2. The Labute approximate surface area is 162 Å². The fourth-order valence-corrected chi connectivity index (χ4v) is 3.96. The van der Waals surface area contributed by atoms with Crippen LogP contribution in [0.3, 0.4) is 0 Å². The SMILES string of the molecule is Cc1ccc(N(CC(=O)c2cccc([N+](=O)[O-])c2)C2=NCCCS2)c(C)c1. The first kappa shape index (κ1) is 19.1. The smallest absolute Gasteiger partial charge is 0.270 e. The molecule has 0 fully saturated rings. The molecule has 1 aliphatic rings. The van der Waals surface area contributed by atoms with Crippen LogP contribution in [0.15, 0.2) is 47.5 Å². The maximum absolute atomic E-state index is 12.9. The van der Waals surface area contributed by atoms with Gasteiger partial charge in [0.2, 0.25) is 0 Å². The van der Waals surface area contributed by atoms with Crippen molar-refractivity contribution in [3.8, 4) is 0 Å². The number of benzene rings is 2. The van der Waals surface area contributed by atoms with Gasteiger partial charge < -0.3 is 4.90 Å². The monoisotopic (exact) mass is 383 g/mol. The topological polar surface area (TPSA) is 75.8 Å². The van der Waals surface area contributed by atoms with Gasteiger partial charge in [0.05, 0.1) is 11.5 Å². The van der Waals surface area contributed by atoms with E-state index in [0.717, 1.165) is 40.7 Å². The molecule has 27 heavy (non-hydrogen) atoms. The lowest BCUT2D eigenvalue weighted by Gasteiger charge is -2.28. The molecular formula is C20H21N3O3S. The number of thioether (sulfide) groups is 1. The number of non-ortho nitro benzene ring substituents is 1. The molecule has 3 rings (SSSR count). The summed E-state index contributed by atoms with van der Waals surface area (Å²) in [6.45, 7) is 4.88. The number of anilines is 1. The molecule has 0 spiro atoms. The number of nitro benzene ring substituents is 1. The van der Waals surface area contributed by atoms with E-state index < -0.39 is 4.92 Å². The zero-order valence-electron chi connectivity index (χ0n) is 15.3. The molecule has 2 aromatic carbocycles. The van der Waals surface area contributed by atoms with E-state index in [9.17, 15) is 14.9 Å². The quantitative estimate of drug-likeness (QED) is 0.435. The van der Waals surface area contributed by atoms with Gasteiger partial charge in [0, 0.05) is 35.7 Å². The predicted molar refractivity (Wildman–Crippen MR) is 110 cm³/mol. The van der Waals surface area contributed by atoms with Gasteiger partial charge in [-0.2, -0.15) is 0 Å². The van der Waals surface area contributed by atoms with E-state index >= 15 is 0 Å². The number of nitro groups is 1. The third-order valence-electron chi connectivity index (χ3n) is 4.34. The first-order valence-corrected chi connectivity index (χ1v) is 9.74. The Balaban J connectivity index is 1.93. The summed E-state index contributed by atoms with van der Waals surface area (Å²) in [5.41, 5.74) is 3.41. The zero-order valence-corrected chi connectivity index (χ0v) is 16.2. The van der Waals surface area contributed by atoms with E-state index in [1.165, 1.54) is 12.1 Å². The van der Waals surface area contributed by atoms with Crippen molar-refractivity contribution < 1.29 is 9.72 Å². The molecule has 2 aromatic rings. The summed E-state index contributed by atoms with van der Waals surface area (Å²) < 4.78 is 0. The molecule has 0 N–H and O–H groups in total. The minimum atomic E-state index is -0.486. The molecule has 1 heterocycles. The average molecular weight is 383 g/mol. The van der Waals surface area contributed by atoms with Crippen LogP contribution in [0.2, 0.25) is 0 Å². The molecule has 0 bridgehead atoms. The summed E-state index contributed by atoms with van der Waals surface area (Å²) in [6, 6.07) is 12.0. The molecule has 140 valence electrons. The van der Waals surface area contributed by atoms with Gasteiger partial charge >= 0.3 is 0 Å². The molecular weight excluding hydrogens is 362 g/mol. The first-order valence-electron chi connectivity index (χ1n) is 8.75. The van der Waals surface area contributed by atoms with Gasteiger partial charge in [-0.05, 0) is 31.9 Å². The van der Waals surface area contributed by atoms with Crippen LogP contribution in [0.4, 0.5) is 11.4 Å². The second-order valence-electron chi connectivity index (χ2n) is 6.47. The third-order valence-corrected chi connectivity index (χ3v) is 5.44. The average Bonchev–Trinajstić information content (AvgIpc) is 2.67. The van der Waals surface area contributed by atoms with Crippen LogP contribution in [0.1, 0.15) is 27.9 Å². The van der Waals surface area contributed by atoms with E-state index in [0.29, 0.717) is 5.56 Å². The van der Waals surface area contributed by atoms with Crippen molar-refractivity contribution in [2.24, 2.45) is 4.99 Å². The van der Waals surface area contributed by atoms with Gasteiger partial charge in [-0.25, -0.2) is 0 Å². The zero-order chi connectivity index (χ0) is 19.4. The number of carbonyl (C=O) groups excluding carboxylic acids is 1. The summed E-state index contributed by atoms with van der Waals surface area (Å²) in [7, 11) is 0. The van der Waals surface area contributed by atoms with Gasteiger partial charge in [0.25, 0.3) is 5.69 Å². The largest absolute Gasteiger partial charge is 0.313 e. The van der Waals surface area contributed by atoms with Crippen molar-refractivity contribution in [1.29, 1.82) is 0 Å². The maximum Gasteiger partial charge on any atom is 0.270 e. The molecule has 0 radical (unpaired) electrons. The van der Waals surface area contributed by atoms with Crippen LogP contribution in [0.5, 0.6) is 0 Å². The van der Waals surface area contributed by atoms with Crippen molar-refractivity contribution in [3.05, 3.63) is 69.3 Å². The number of Topliss-reactive ketones (excluding diaryl/α,β-unsaturated/α-hetero) is 1. The number of aliphatic imine (C=N–C) groups is 1. The highest BCUT2D eigenvalue weighted by atomic mass is 32.2. The molecule has 7 heteroatoms. The van der Waals surface area contributed by atoms with E-state index in [-0.39, 0.29) is 18.0 Å². The van der Waals surface area contributed by atoms with Gasteiger partial charge in [-0.1, -0.05) is 41.6 Å². The van der Waals surface area contributed by atoms with Crippen molar-refractivity contribution in [2.45, 2.75) is 20.3 Å². The number of nitrogens with zero attached hydrogens (tertiary/aromatic N) is 3. The van der Waals surface area contributed by atoms with Gasteiger partial charge in [0.15, 0.2) is 11.0 Å². The van der Waals surface area contributed by atoms with Gasteiger partial charge in [-0.3, -0.25) is 19.9 Å². The van der Waals surface area contributed by atoms with Crippen molar-refractivity contribution in [3.63, 3.8) is 0 Å². The highest BCUT2D eigenvalue weighted by Crippen LogP contribution is 2.27. The molecule has 0 aliphatic carbocycles. The van der Waals surface area contributed by atoms with Crippen molar-refractivity contribution >= 4 is 34.1 Å². The number of hydrogen-bond donors (Lipinski definition) is 0. The van der Waals surface area contributed by atoms with Gasteiger partial charge in [0.1, 0.15) is 0 Å². The molecule has 0 saturated heterocycles. The van der Waals surface area contributed by atoms with Crippen molar-refractivity contribution in [1.82, 2.24) is 0 Å². The Morgan fingerprint density at radius 2 is 2.07 bits per heavy atom. The Hall–Kier alpha value is -2.67. The summed E-state index contributed by atoms with van der Waals surface area (Å²) in [6.07, 6.45) is 1.02. The lowest BCUT2D eigenvalue weighted by molar-refractivity contribution is -0.384. The molecule has 0 amide bonds. The number of rotatable bonds is 5. The number of carbonyl (C=O) groups is 1. The van der Waals surface area contributed by atoms with E-state index in [4.69, 9.17) is 0 Å². The third kappa shape index (κ3) is 4.54. The number of ketones is 1. The lowest BCUT2D eigenvalue weighted by Crippen LogP contribution is -2.36. The summed E-state index contributed by atoms with van der Waals surface area (Å²) >= 11 is 1.64. The Morgan fingerprint density at radius 3 is 2.74 bits per heavy atom. The van der Waals surface area contributed by atoms with Gasteiger partial charge in [-0.15, -0.1) is 0 Å². The standard InChI is InChI=1S/C20H21N3O3S/c1-14-7-8-18(15(2)11-14)22(20-21-9-4-10-27-20)13-19(24)16-5-3-6-17(12-16)23(25)26/h3,5-8,11-12H,4,9-10,13H2,1-2H3. The summed E-state index contributed by atoms with van der Waals surface area (Å²) in [4.78, 5) is 30.0. The van der Waals surface area contributed by atoms with Crippen LogP contribution in [-0.2, 0) is 0 Å². The minimum Gasteiger partial charge on any atom is -0.313 e. The fraction of sp³-hybridized carbons (Fsp3) is 0.300. The molecule has 0 saturated carbocycles. The molecule has 0 unspecified atom stereocenters. The highest BCUT2D eigenvalue weighted by molar-refractivity contribution is 8.14. The minimum absolute atomic E-state index is 0.0803. The number of hydrogen-bond acceptors (Lipinski definition) is 6. The Kier molecular flexibility index (Phi) is 5.91. The Bertz CT molecular complexity index is 911. The van der Waals surface area contributed by atoms with Crippen LogP contribution in [-0.4, -0.2) is 34.7 Å². The van der Waals surface area contributed by atoms with E-state index in [1.54, 1.807) is 23.9 Å². The molecule has 6 nitrogen and oxygen atoms in total. The van der Waals surface area contributed by atoms with E-state index in [1.807, 2.05) is 30.9 Å². The maximum atomic E-state index is 12.9. The predicted octanol–water partition coefficient (Wildman–Crippen LogP) is 4.39. The van der Waals surface area contributed by atoms with Crippen molar-refractivity contribution in [2.75, 3.05) is 23.7 Å². The molecule has 0 aromatic heterocycles. The fourth-order valence-electron chi connectivity index (χ4n) is 3.00. The normalized spacial score (nSPS) is 13.8. The number of amidine groups is 1. The summed E-state index contributed by atoms with van der Waals surface area (Å²) in [5, 5.41) is 11.8. The molecule has 1 aliphatic heterocycles. The van der Waals surface area contributed by atoms with Crippen LogP contribution < -0.4 is 4.90 Å². The van der Waals surface area contributed by atoms with E-state index in [2.05, 4.69) is 11.1 Å². The molecule has 0 atom stereocenters. The highest BCUT2D eigenvalue weighted by Gasteiger charge is 2.22. The first-order chi connectivity index (χ1) is 13.0.